The Kier molecular flexibility index (Phi) is 5.32. The number of pyridine rings is 1. The van der Waals surface area contributed by atoms with Crippen molar-refractivity contribution in [2.75, 3.05) is 0 Å². The molecule has 1 aromatic carbocycles. The van der Waals surface area contributed by atoms with E-state index in [-0.39, 0.29) is 0 Å². The van der Waals surface area contributed by atoms with Crippen LogP contribution in [0.2, 0.25) is 0 Å². The highest BCUT2D eigenvalue weighted by Crippen LogP contribution is 2.33. The lowest BCUT2D eigenvalue weighted by Crippen LogP contribution is -2.00. The number of nitrogens with zero attached hydrogens (tertiary/aromatic N) is 1. The lowest BCUT2D eigenvalue weighted by atomic mass is 9.89. The lowest BCUT2D eigenvalue weighted by Gasteiger charge is -2.17. The molecule has 0 atom stereocenters. The molecule has 1 heterocycles. The van der Waals surface area contributed by atoms with Crippen LogP contribution in [0.4, 0.5) is 0 Å². The van der Waals surface area contributed by atoms with E-state index in [4.69, 9.17) is 0 Å². The van der Waals surface area contributed by atoms with Crippen LogP contribution in [0.5, 0.6) is 0 Å². The predicted molar refractivity (Wildman–Crippen MR) is 92.2 cm³/mol. The maximum atomic E-state index is 4.69. The number of aromatic nitrogens is 1. The normalized spacial score (nSPS) is 12.2. The van der Waals surface area contributed by atoms with Crippen molar-refractivity contribution in [3.8, 4) is 0 Å². The van der Waals surface area contributed by atoms with Gasteiger partial charge < -0.3 is 0 Å². The van der Waals surface area contributed by atoms with Gasteiger partial charge >= 0.3 is 0 Å². The van der Waals surface area contributed by atoms with Crippen molar-refractivity contribution in [3.05, 3.63) is 65.0 Å². The second kappa shape index (κ2) is 7.21. The molecular formula is C20H25N. The van der Waals surface area contributed by atoms with Gasteiger partial charge in [-0.15, -0.1) is 0 Å². The quantitative estimate of drug-likeness (QED) is 0.685. The van der Waals surface area contributed by atoms with Gasteiger partial charge in [0.15, 0.2) is 0 Å². The molecule has 2 aromatic rings. The number of hydrogen-bond donors (Lipinski definition) is 0. The molecule has 0 saturated carbocycles. The van der Waals surface area contributed by atoms with Crippen molar-refractivity contribution in [2.45, 2.75) is 47.0 Å². The van der Waals surface area contributed by atoms with Gasteiger partial charge in [-0.25, -0.2) is 0 Å². The summed E-state index contributed by atoms with van der Waals surface area (Å²) in [6.07, 6.45) is 4.99. The standard InChI is InChI=1S/C20H25N/c1-5-16-12-10-14-21-20(16)18(7-3)17(6-2)19-13-9-8-11-15(19)4/h8-14H,5-7H2,1-4H3/b18-17-. The van der Waals surface area contributed by atoms with Crippen LogP contribution in [0.3, 0.4) is 0 Å². The summed E-state index contributed by atoms with van der Waals surface area (Å²) in [6, 6.07) is 12.9. The minimum absolute atomic E-state index is 1.02. The summed E-state index contributed by atoms with van der Waals surface area (Å²) in [5, 5.41) is 0. The fraction of sp³-hybridized carbons (Fsp3) is 0.350. The lowest BCUT2D eigenvalue weighted by molar-refractivity contribution is 1.06. The molecule has 0 aliphatic carbocycles. The summed E-state index contributed by atoms with van der Waals surface area (Å²) in [4.78, 5) is 4.69. The summed E-state index contributed by atoms with van der Waals surface area (Å²) in [5.74, 6) is 0. The Hall–Kier alpha value is -1.89. The van der Waals surface area contributed by atoms with E-state index in [1.807, 2.05) is 12.3 Å². The highest BCUT2D eigenvalue weighted by atomic mass is 14.7. The molecule has 0 spiro atoms. The monoisotopic (exact) mass is 279 g/mol. The SMILES string of the molecule is CC/C(=C(\CC)c1ncccc1CC)c1ccccc1C. The van der Waals surface area contributed by atoms with Crippen LogP contribution in [-0.2, 0) is 6.42 Å². The zero-order valence-electron chi connectivity index (χ0n) is 13.6. The molecule has 1 nitrogen and oxygen atoms in total. The topological polar surface area (TPSA) is 12.9 Å². The zero-order valence-corrected chi connectivity index (χ0v) is 13.6. The van der Waals surface area contributed by atoms with Gasteiger partial charge in [0.1, 0.15) is 0 Å². The van der Waals surface area contributed by atoms with Crippen LogP contribution in [0, 0.1) is 6.92 Å². The summed E-state index contributed by atoms with van der Waals surface area (Å²) in [6.45, 7) is 8.87. The largest absolute Gasteiger partial charge is 0.256 e. The third-order valence-corrected chi connectivity index (χ3v) is 4.10. The molecule has 1 aromatic heterocycles. The Morgan fingerprint density at radius 3 is 2.24 bits per heavy atom. The van der Waals surface area contributed by atoms with Gasteiger partial charge in [-0.1, -0.05) is 51.1 Å². The number of rotatable bonds is 5. The predicted octanol–water partition coefficient (Wildman–Crippen LogP) is 5.68. The van der Waals surface area contributed by atoms with Crippen molar-refractivity contribution >= 4 is 11.1 Å². The molecule has 21 heavy (non-hydrogen) atoms. The van der Waals surface area contributed by atoms with E-state index in [1.54, 1.807) is 0 Å². The number of hydrogen-bond acceptors (Lipinski definition) is 1. The van der Waals surface area contributed by atoms with E-state index in [1.165, 1.54) is 33.5 Å². The first-order chi connectivity index (χ1) is 10.2. The molecule has 110 valence electrons. The van der Waals surface area contributed by atoms with Gasteiger partial charge in [0.25, 0.3) is 0 Å². The van der Waals surface area contributed by atoms with Crippen LogP contribution in [0.15, 0.2) is 42.6 Å². The third kappa shape index (κ3) is 3.24. The van der Waals surface area contributed by atoms with Crippen LogP contribution >= 0.6 is 0 Å². The first-order valence-electron chi connectivity index (χ1n) is 7.95. The van der Waals surface area contributed by atoms with E-state index in [0.717, 1.165) is 19.3 Å². The minimum atomic E-state index is 1.02. The summed E-state index contributed by atoms with van der Waals surface area (Å²) in [5.41, 5.74) is 8.06. The Morgan fingerprint density at radius 2 is 1.62 bits per heavy atom. The van der Waals surface area contributed by atoms with Crippen molar-refractivity contribution in [1.82, 2.24) is 4.98 Å². The van der Waals surface area contributed by atoms with Crippen molar-refractivity contribution in [2.24, 2.45) is 0 Å². The Bertz CT molecular complexity index is 638. The van der Waals surface area contributed by atoms with E-state index in [0.29, 0.717) is 0 Å². The molecule has 0 radical (unpaired) electrons. The van der Waals surface area contributed by atoms with E-state index in [9.17, 15) is 0 Å². The van der Waals surface area contributed by atoms with Crippen molar-refractivity contribution in [3.63, 3.8) is 0 Å². The number of allylic oxidation sites excluding steroid dienone is 2. The van der Waals surface area contributed by atoms with E-state index in [2.05, 4.69) is 63.0 Å². The fourth-order valence-electron chi connectivity index (χ4n) is 3.00. The molecular weight excluding hydrogens is 254 g/mol. The fourth-order valence-corrected chi connectivity index (χ4v) is 3.00. The molecule has 1 heteroatoms. The van der Waals surface area contributed by atoms with Crippen LogP contribution in [-0.4, -0.2) is 4.98 Å². The average molecular weight is 279 g/mol. The van der Waals surface area contributed by atoms with Gasteiger partial charge in [-0.3, -0.25) is 4.98 Å². The van der Waals surface area contributed by atoms with Gasteiger partial charge in [-0.05, 0) is 60.1 Å². The minimum Gasteiger partial charge on any atom is -0.256 e. The van der Waals surface area contributed by atoms with E-state index >= 15 is 0 Å². The van der Waals surface area contributed by atoms with Crippen molar-refractivity contribution < 1.29 is 0 Å². The summed E-state index contributed by atoms with van der Waals surface area (Å²) < 4.78 is 0. The second-order valence-corrected chi connectivity index (χ2v) is 5.34. The first kappa shape index (κ1) is 15.5. The third-order valence-electron chi connectivity index (χ3n) is 4.10. The molecule has 0 amide bonds. The van der Waals surface area contributed by atoms with Gasteiger partial charge in [0.2, 0.25) is 0 Å². The first-order valence-corrected chi connectivity index (χ1v) is 7.95. The smallest absolute Gasteiger partial charge is 0.0696 e. The Labute approximate surface area is 128 Å². The van der Waals surface area contributed by atoms with Crippen LogP contribution < -0.4 is 0 Å². The zero-order chi connectivity index (χ0) is 15.2. The molecule has 0 aliphatic rings. The molecule has 0 fully saturated rings. The molecule has 0 aliphatic heterocycles. The Balaban J connectivity index is 2.67. The maximum Gasteiger partial charge on any atom is 0.0696 e. The highest BCUT2D eigenvalue weighted by Gasteiger charge is 2.13. The maximum absolute atomic E-state index is 4.69. The van der Waals surface area contributed by atoms with Crippen molar-refractivity contribution in [1.29, 1.82) is 0 Å². The molecule has 0 bridgehead atoms. The molecule has 0 saturated heterocycles. The van der Waals surface area contributed by atoms with Gasteiger partial charge in [-0.2, -0.15) is 0 Å². The second-order valence-electron chi connectivity index (χ2n) is 5.34. The van der Waals surface area contributed by atoms with Crippen LogP contribution in [0.1, 0.15) is 56.0 Å². The average Bonchev–Trinajstić information content (AvgIpc) is 2.53. The molecule has 2 rings (SSSR count). The highest BCUT2D eigenvalue weighted by molar-refractivity contribution is 5.91. The molecule has 0 N–H and O–H groups in total. The van der Waals surface area contributed by atoms with E-state index < -0.39 is 0 Å². The summed E-state index contributed by atoms with van der Waals surface area (Å²) >= 11 is 0. The van der Waals surface area contributed by atoms with Gasteiger partial charge in [0.05, 0.1) is 5.69 Å². The molecule has 0 unspecified atom stereocenters. The van der Waals surface area contributed by atoms with Crippen LogP contribution in [0.25, 0.3) is 11.1 Å². The number of aryl methyl sites for hydroxylation is 2. The van der Waals surface area contributed by atoms with Gasteiger partial charge in [0, 0.05) is 6.20 Å². The summed E-state index contributed by atoms with van der Waals surface area (Å²) in [7, 11) is 0. The number of benzene rings is 1. The Morgan fingerprint density at radius 1 is 0.905 bits per heavy atom.